The van der Waals surface area contributed by atoms with Gasteiger partial charge in [0, 0.05) is 12.1 Å². The van der Waals surface area contributed by atoms with Gasteiger partial charge in [0.15, 0.2) is 0 Å². The van der Waals surface area contributed by atoms with Gasteiger partial charge in [-0.1, -0.05) is 42.0 Å². The monoisotopic (exact) mass is 343 g/mol. The van der Waals surface area contributed by atoms with Gasteiger partial charge >= 0.3 is 6.09 Å². The highest BCUT2D eigenvalue weighted by molar-refractivity contribution is 5.75. The maximum atomic E-state index is 11.7. The lowest BCUT2D eigenvalue weighted by molar-refractivity contribution is 0.0183. The molecule has 6 heteroatoms. The number of carbonyl (C=O) groups excluding carboxylic acids is 2. The molecule has 1 amide bonds. The first-order valence-electron chi connectivity index (χ1n) is 7.87. The van der Waals surface area contributed by atoms with Gasteiger partial charge in [-0.3, -0.25) is 4.79 Å². The highest BCUT2D eigenvalue weighted by Gasteiger charge is 2.20. The number of alkyl carbamates (subject to hydrolysis) is 1. The maximum Gasteiger partial charge on any atom is 0.407 e. The topological polar surface area (TPSA) is 95.9 Å². The smallest absolute Gasteiger partial charge is 0.407 e. The molecule has 2 rings (SSSR count). The van der Waals surface area contributed by atoms with E-state index in [9.17, 15) is 19.8 Å². The zero-order chi connectivity index (χ0) is 18.2. The molecule has 2 aromatic rings. The fourth-order valence-corrected chi connectivity index (χ4v) is 2.38. The van der Waals surface area contributed by atoms with E-state index in [1.165, 1.54) is 6.07 Å². The molecule has 0 fully saturated rings. The number of aldehydes is 1. The first-order valence-corrected chi connectivity index (χ1v) is 7.87. The minimum absolute atomic E-state index is 0.117. The Kier molecular flexibility index (Phi) is 6.68. The van der Waals surface area contributed by atoms with Crippen LogP contribution in [0.3, 0.4) is 0 Å². The Balaban J connectivity index is 1.84. The first kappa shape index (κ1) is 18.6. The summed E-state index contributed by atoms with van der Waals surface area (Å²) in [7, 11) is 0. The number of aliphatic hydroxyl groups excluding tert-OH is 2. The summed E-state index contributed by atoms with van der Waals surface area (Å²) in [6.45, 7) is 1.72. The van der Waals surface area contributed by atoms with E-state index in [1.54, 1.807) is 19.1 Å². The Labute approximate surface area is 146 Å². The molecule has 0 spiro atoms. The highest BCUT2D eigenvalue weighted by Crippen LogP contribution is 2.19. The molecule has 0 aliphatic rings. The van der Waals surface area contributed by atoms with Crippen molar-refractivity contribution in [2.45, 2.75) is 25.7 Å². The second-order valence-corrected chi connectivity index (χ2v) is 5.75. The van der Waals surface area contributed by atoms with E-state index >= 15 is 0 Å². The average molecular weight is 343 g/mol. The second kappa shape index (κ2) is 8.96. The van der Waals surface area contributed by atoms with Crippen molar-refractivity contribution in [3.8, 4) is 0 Å². The number of hydrogen-bond acceptors (Lipinski definition) is 5. The molecule has 25 heavy (non-hydrogen) atoms. The van der Waals surface area contributed by atoms with Crippen molar-refractivity contribution in [1.29, 1.82) is 0 Å². The summed E-state index contributed by atoms with van der Waals surface area (Å²) in [6.07, 6.45) is -2.47. The predicted molar refractivity (Wildman–Crippen MR) is 92.2 cm³/mol. The molecule has 2 unspecified atom stereocenters. The van der Waals surface area contributed by atoms with Crippen LogP contribution in [0.1, 0.15) is 33.2 Å². The quantitative estimate of drug-likeness (QED) is 0.669. The summed E-state index contributed by atoms with van der Waals surface area (Å²) >= 11 is 0. The molecular weight excluding hydrogens is 322 g/mol. The van der Waals surface area contributed by atoms with Crippen LogP contribution in [-0.2, 0) is 11.3 Å². The molecule has 0 aromatic heterocycles. The van der Waals surface area contributed by atoms with Crippen LogP contribution in [0.2, 0.25) is 0 Å². The minimum Gasteiger partial charge on any atom is -0.445 e. The van der Waals surface area contributed by atoms with Crippen molar-refractivity contribution in [3.63, 3.8) is 0 Å². The summed E-state index contributed by atoms with van der Waals surface area (Å²) in [5.41, 5.74) is 2.46. The van der Waals surface area contributed by atoms with E-state index in [2.05, 4.69) is 5.32 Å². The van der Waals surface area contributed by atoms with E-state index < -0.39 is 18.3 Å². The van der Waals surface area contributed by atoms with Crippen LogP contribution < -0.4 is 5.32 Å². The van der Waals surface area contributed by atoms with E-state index in [4.69, 9.17) is 4.74 Å². The zero-order valence-electron chi connectivity index (χ0n) is 13.9. The number of nitrogens with one attached hydrogen (secondary N) is 1. The van der Waals surface area contributed by atoms with Crippen LogP contribution in [0, 0.1) is 6.92 Å². The Hall–Kier alpha value is -2.70. The van der Waals surface area contributed by atoms with Crippen LogP contribution >= 0.6 is 0 Å². The van der Waals surface area contributed by atoms with E-state index in [0.29, 0.717) is 17.4 Å². The van der Waals surface area contributed by atoms with Gasteiger partial charge in [-0.25, -0.2) is 4.79 Å². The van der Waals surface area contributed by atoms with Gasteiger partial charge < -0.3 is 20.3 Å². The molecule has 132 valence electrons. The van der Waals surface area contributed by atoms with Crippen molar-refractivity contribution < 1.29 is 24.5 Å². The second-order valence-electron chi connectivity index (χ2n) is 5.75. The molecule has 0 saturated carbocycles. The number of ether oxygens (including phenoxy) is 1. The van der Waals surface area contributed by atoms with E-state index in [0.717, 1.165) is 11.1 Å². The van der Waals surface area contributed by atoms with Crippen LogP contribution in [0.15, 0.2) is 48.5 Å². The lowest BCUT2D eigenvalue weighted by atomic mass is 9.99. The van der Waals surface area contributed by atoms with Gasteiger partial charge in [0.25, 0.3) is 0 Å². The highest BCUT2D eigenvalue weighted by atomic mass is 16.5. The predicted octanol–water partition coefficient (Wildman–Crippen LogP) is 2.13. The molecule has 2 aromatic carbocycles. The fraction of sp³-hybridized carbons (Fsp3) is 0.263. The Bertz CT molecular complexity index is 717. The zero-order valence-corrected chi connectivity index (χ0v) is 13.9. The number of hydrogen-bond donors (Lipinski definition) is 3. The molecule has 0 aliphatic heterocycles. The standard InChI is InChI=1S/C19H21NO5/c1-13-7-15(11-21)9-16(8-13)18(23)17(22)10-20-19(24)25-12-14-5-3-2-4-6-14/h2-9,11,17-18,22-23H,10,12H2,1H3,(H,20,24). The van der Waals surface area contributed by atoms with Crippen LogP contribution in [-0.4, -0.2) is 35.2 Å². The van der Waals surface area contributed by atoms with Crippen molar-refractivity contribution in [1.82, 2.24) is 5.32 Å². The molecule has 0 aliphatic carbocycles. The van der Waals surface area contributed by atoms with Crippen LogP contribution in [0.25, 0.3) is 0 Å². The molecule has 0 saturated heterocycles. The number of aryl methyl sites for hydroxylation is 1. The normalized spacial score (nSPS) is 12.9. The minimum atomic E-state index is -1.23. The van der Waals surface area contributed by atoms with Crippen molar-refractivity contribution in [2.24, 2.45) is 0 Å². The fourth-order valence-electron chi connectivity index (χ4n) is 2.38. The summed E-state index contributed by atoms with van der Waals surface area (Å²) in [5.74, 6) is 0. The van der Waals surface area contributed by atoms with Crippen molar-refractivity contribution in [2.75, 3.05) is 6.54 Å². The molecular formula is C19H21NO5. The average Bonchev–Trinajstić information content (AvgIpc) is 2.64. The lowest BCUT2D eigenvalue weighted by Crippen LogP contribution is -2.35. The van der Waals surface area contributed by atoms with Crippen LogP contribution in [0.4, 0.5) is 4.79 Å². The van der Waals surface area contributed by atoms with Gasteiger partial charge in [0.2, 0.25) is 0 Å². The van der Waals surface area contributed by atoms with Gasteiger partial charge in [0.1, 0.15) is 25.1 Å². The third-order valence-corrected chi connectivity index (χ3v) is 3.63. The van der Waals surface area contributed by atoms with Crippen molar-refractivity contribution in [3.05, 3.63) is 70.8 Å². The Morgan fingerprint density at radius 2 is 1.92 bits per heavy atom. The summed E-state index contributed by atoms with van der Waals surface area (Å²) in [5, 5.41) is 22.7. The number of carbonyl (C=O) groups is 2. The van der Waals surface area contributed by atoms with Gasteiger partial charge in [-0.05, 0) is 30.2 Å². The van der Waals surface area contributed by atoms with Gasteiger partial charge in [-0.15, -0.1) is 0 Å². The third kappa shape index (κ3) is 5.70. The largest absolute Gasteiger partial charge is 0.445 e. The number of aliphatic hydroxyl groups is 2. The number of benzene rings is 2. The Morgan fingerprint density at radius 3 is 2.60 bits per heavy atom. The molecule has 0 radical (unpaired) electrons. The molecule has 2 atom stereocenters. The molecule has 0 bridgehead atoms. The first-order chi connectivity index (χ1) is 12.0. The summed E-state index contributed by atoms with van der Waals surface area (Å²) in [6, 6.07) is 14.1. The summed E-state index contributed by atoms with van der Waals surface area (Å²) in [4.78, 5) is 22.6. The third-order valence-electron chi connectivity index (χ3n) is 3.63. The molecule has 6 nitrogen and oxygen atoms in total. The van der Waals surface area contributed by atoms with Crippen molar-refractivity contribution >= 4 is 12.4 Å². The number of rotatable bonds is 7. The summed E-state index contributed by atoms with van der Waals surface area (Å²) < 4.78 is 5.03. The Morgan fingerprint density at radius 1 is 1.20 bits per heavy atom. The number of amides is 1. The van der Waals surface area contributed by atoms with E-state index in [-0.39, 0.29) is 13.2 Å². The molecule has 3 N–H and O–H groups in total. The molecule has 0 heterocycles. The van der Waals surface area contributed by atoms with Gasteiger partial charge in [-0.2, -0.15) is 0 Å². The van der Waals surface area contributed by atoms with Crippen LogP contribution in [0.5, 0.6) is 0 Å². The van der Waals surface area contributed by atoms with E-state index in [1.807, 2.05) is 30.3 Å². The maximum absolute atomic E-state index is 11.7. The SMILES string of the molecule is Cc1cc(C=O)cc(C(O)C(O)CNC(=O)OCc2ccccc2)c1. The van der Waals surface area contributed by atoms with Gasteiger partial charge in [0.05, 0.1) is 0 Å². The lowest BCUT2D eigenvalue weighted by Gasteiger charge is -2.19.